The van der Waals surface area contributed by atoms with E-state index < -0.39 is 23.8 Å². The summed E-state index contributed by atoms with van der Waals surface area (Å²) >= 11 is 0. The van der Waals surface area contributed by atoms with Gasteiger partial charge in [0.25, 0.3) is 11.8 Å². The maximum atomic E-state index is 12.5. The van der Waals surface area contributed by atoms with Crippen molar-refractivity contribution in [2.75, 3.05) is 18.6 Å². The average molecular weight is 601 g/mol. The summed E-state index contributed by atoms with van der Waals surface area (Å²) in [7, 11) is 0. The van der Waals surface area contributed by atoms with Crippen molar-refractivity contribution in [3.8, 4) is 22.5 Å². The van der Waals surface area contributed by atoms with Gasteiger partial charge in [0, 0.05) is 53.7 Å². The van der Waals surface area contributed by atoms with Crippen molar-refractivity contribution >= 4 is 40.5 Å². The molecule has 0 saturated carbocycles. The van der Waals surface area contributed by atoms with E-state index in [2.05, 4.69) is 16.0 Å². The number of aliphatic hydroxyl groups is 1. The summed E-state index contributed by atoms with van der Waals surface area (Å²) in [6.07, 6.45) is 1.62. The molecule has 0 spiro atoms. The van der Waals surface area contributed by atoms with Gasteiger partial charge >= 0.3 is 12.0 Å². The molecule has 3 aliphatic rings. The zero-order valence-electron chi connectivity index (χ0n) is 23.8. The van der Waals surface area contributed by atoms with Gasteiger partial charge in [-0.3, -0.25) is 19.7 Å². The lowest BCUT2D eigenvalue weighted by Gasteiger charge is -2.18. The Morgan fingerprint density at radius 1 is 0.955 bits per heavy atom. The number of hydroxylamine groups is 2. The number of anilines is 1. The smallest absolute Gasteiger partial charge is 0.334 e. The van der Waals surface area contributed by atoms with E-state index in [4.69, 9.17) is 9.25 Å². The third-order valence-corrected chi connectivity index (χ3v) is 7.29. The minimum absolute atomic E-state index is 0.0146. The molecule has 5 rings (SSSR count). The van der Waals surface area contributed by atoms with Gasteiger partial charge in [-0.2, -0.15) is 0 Å². The summed E-state index contributed by atoms with van der Waals surface area (Å²) < 4.78 is 5.97. The standard InChI is InChI=1S/C32H32N4O8/c37-19-34-22(17-30(41)44-36-28(39)14-15-29(36)40)5-3-4-16-33-32(42)35-21-10-8-20(9-11-21)31-24-6-1-2-7-26(24)43-27-18-23(38)12-13-25(27)31/h1-2,6-13,18,22,34,37H,3-5,14-17,19H2,(H2,33,35,42). The third-order valence-electron chi connectivity index (χ3n) is 7.29. The summed E-state index contributed by atoms with van der Waals surface area (Å²) in [4.78, 5) is 64.8. The number of fused-ring (bicyclic) bond motifs is 2. The molecule has 2 aromatic rings. The summed E-state index contributed by atoms with van der Waals surface area (Å²) in [5.41, 5.74) is 3.77. The van der Waals surface area contributed by atoms with E-state index in [1.165, 1.54) is 12.1 Å². The number of carbonyl (C=O) groups excluding carboxylic acids is 4. The Kier molecular flexibility index (Phi) is 9.62. The molecule has 1 fully saturated rings. The number of hydrogen-bond acceptors (Lipinski definition) is 9. The molecule has 2 aliphatic heterocycles. The fraction of sp³-hybridized carbons (Fsp3) is 0.281. The molecule has 1 saturated heterocycles. The van der Waals surface area contributed by atoms with E-state index >= 15 is 0 Å². The first kappa shape index (κ1) is 30.4. The second-order valence-electron chi connectivity index (χ2n) is 10.4. The van der Waals surface area contributed by atoms with Crippen LogP contribution >= 0.6 is 0 Å². The third kappa shape index (κ3) is 7.28. The fourth-order valence-corrected chi connectivity index (χ4v) is 5.15. The van der Waals surface area contributed by atoms with Crippen molar-refractivity contribution < 1.29 is 33.5 Å². The first-order chi connectivity index (χ1) is 21.3. The van der Waals surface area contributed by atoms with Gasteiger partial charge in [0.2, 0.25) is 0 Å². The highest BCUT2D eigenvalue weighted by Gasteiger charge is 2.33. The molecular weight excluding hydrogens is 568 g/mol. The summed E-state index contributed by atoms with van der Waals surface area (Å²) in [6, 6.07) is 19.0. The molecule has 1 unspecified atom stereocenters. The van der Waals surface area contributed by atoms with Crippen LogP contribution in [-0.4, -0.2) is 53.3 Å². The molecule has 2 aromatic carbocycles. The second kappa shape index (κ2) is 13.9. The van der Waals surface area contributed by atoms with Gasteiger partial charge in [-0.25, -0.2) is 9.59 Å². The van der Waals surface area contributed by atoms with Gasteiger partial charge < -0.3 is 25.0 Å². The molecule has 12 nitrogen and oxygen atoms in total. The molecule has 0 aromatic heterocycles. The lowest BCUT2D eigenvalue weighted by atomic mass is 9.94. The monoisotopic (exact) mass is 600 g/mol. The highest BCUT2D eigenvalue weighted by molar-refractivity contribution is 6.02. The molecular formula is C32H32N4O8. The van der Waals surface area contributed by atoms with Gasteiger partial charge in [0.15, 0.2) is 5.43 Å². The Balaban J connectivity index is 1.11. The predicted molar refractivity (Wildman–Crippen MR) is 161 cm³/mol. The number of amides is 4. The van der Waals surface area contributed by atoms with Gasteiger partial charge in [0.05, 0.1) is 13.2 Å². The lowest BCUT2D eigenvalue weighted by Crippen LogP contribution is -2.37. The van der Waals surface area contributed by atoms with Crippen molar-refractivity contribution in [2.45, 2.75) is 44.6 Å². The quantitative estimate of drug-likeness (QED) is 0.0819. The number of rotatable bonds is 12. The zero-order valence-corrected chi connectivity index (χ0v) is 23.8. The fourth-order valence-electron chi connectivity index (χ4n) is 5.15. The predicted octanol–water partition coefficient (Wildman–Crippen LogP) is 3.76. The van der Waals surface area contributed by atoms with Crippen LogP contribution in [0.3, 0.4) is 0 Å². The minimum atomic E-state index is -0.747. The van der Waals surface area contributed by atoms with Crippen LogP contribution in [0.1, 0.15) is 38.5 Å². The number of hydrogen-bond donors (Lipinski definition) is 4. The van der Waals surface area contributed by atoms with Crippen LogP contribution in [0.2, 0.25) is 0 Å². The number of nitrogens with zero attached hydrogens (tertiary/aromatic N) is 1. The topological polar surface area (TPSA) is 167 Å². The molecule has 2 heterocycles. The summed E-state index contributed by atoms with van der Waals surface area (Å²) in [5.74, 6) is -1.35. The molecule has 0 bridgehead atoms. The number of carbonyl (C=O) groups is 4. The highest BCUT2D eigenvalue weighted by atomic mass is 16.7. The van der Waals surface area contributed by atoms with E-state index in [1.54, 1.807) is 18.2 Å². The Morgan fingerprint density at radius 2 is 1.70 bits per heavy atom. The Morgan fingerprint density at radius 3 is 2.45 bits per heavy atom. The number of aliphatic hydroxyl groups excluding tert-OH is 1. The molecule has 4 amide bonds. The molecule has 1 aliphatic carbocycles. The van der Waals surface area contributed by atoms with Crippen LogP contribution in [0.4, 0.5) is 10.5 Å². The van der Waals surface area contributed by atoms with E-state index in [1.807, 2.05) is 36.4 Å². The number of nitrogens with one attached hydrogen (secondary N) is 3. The Labute approximate surface area is 252 Å². The Hall–Kier alpha value is -5.07. The second-order valence-corrected chi connectivity index (χ2v) is 10.4. The largest absolute Gasteiger partial charge is 0.456 e. The zero-order chi connectivity index (χ0) is 31.1. The maximum Gasteiger partial charge on any atom is 0.334 e. The molecule has 12 heteroatoms. The number of para-hydroxylation sites is 1. The van der Waals surface area contributed by atoms with Crippen molar-refractivity contribution in [1.82, 2.24) is 15.7 Å². The first-order valence-electron chi connectivity index (χ1n) is 14.3. The van der Waals surface area contributed by atoms with Gasteiger partial charge in [-0.05, 0) is 48.7 Å². The summed E-state index contributed by atoms with van der Waals surface area (Å²) in [6.45, 7) is 0.0241. The normalized spacial score (nSPS) is 13.8. The molecule has 44 heavy (non-hydrogen) atoms. The first-order valence-corrected chi connectivity index (χ1v) is 14.3. The van der Waals surface area contributed by atoms with E-state index in [-0.39, 0.29) is 37.5 Å². The highest BCUT2D eigenvalue weighted by Crippen LogP contribution is 2.39. The number of urea groups is 1. The Bertz CT molecular complexity index is 1680. The van der Waals surface area contributed by atoms with E-state index in [0.29, 0.717) is 47.9 Å². The van der Waals surface area contributed by atoms with Crippen LogP contribution in [0, 0.1) is 0 Å². The van der Waals surface area contributed by atoms with Crippen molar-refractivity contribution in [1.29, 1.82) is 0 Å². The molecule has 1 atom stereocenters. The maximum absolute atomic E-state index is 12.5. The van der Waals surface area contributed by atoms with Crippen LogP contribution in [-0.2, 0) is 19.2 Å². The van der Waals surface area contributed by atoms with Gasteiger partial charge in [-0.15, -0.1) is 5.06 Å². The lowest BCUT2D eigenvalue weighted by molar-refractivity contribution is -0.197. The summed E-state index contributed by atoms with van der Waals surface area (Å²) in [5, 5.41) is 19.1. The van der Waals surface area contributed by atoms with Gasteiger partial charge in [-0.1, -0.05) is 36.8 Å². The number of imide groups is 1. The van der Waals surface area contributed by atoms with E-state index in [9.17, 15) is 29.1 Å². The van der Waals surface area contributed by atoms with Crippen LogP contribution in [0.5, 0.6) is 0 Å². The van der Waals surface area contributed by atoms with Gasteiger partial charge in [0.1, 0.15) is 11.3 Å². The SMILES string of the molecule is O=C(NCCCCC(CC(=O)ON1C(=O)CCC1=O)NCO)Nc1ccc(-c2c3ccc(=O)cc-3oc3ccccc23)cc1. The van der Waals surface area contributed by atoms with Crippen LogP contribution < -0.4 is 21.4 Å². The minimum Gasteiger partial charge on any atom is -0.456 e. The average Bonchev–Trinajstić information content (AvgIpc) is 3.32. The van der Waals surface area contributed by atoms with Crippen LogP contribution in [0.25, 0.3) is 33.4 Å². The number of unbranched alkanes of at least 4 members (excludes halogenated alkanes) is 1. The van der Waals surface area contributed by atoms with Crippen molar-refractivity contribution in [2.24, 2.45) is 0 Å². The van der Waals surface area contributed by atoms with E-state index in [0.717, 1.165) is 22.1 Å². The number of benzene rings is 3. The van der Waals surface area contributed by atoms with Crippen molar-refractivity contribution in [3.63, 3.8) is 0 Å². The van der Waals surface area contributed by atoms with Crippen LogP contribution in [0.15, 0.2) is 75.9 Å². The van der Waals surface area contributed by atoms with Crippen molar-refractivity contribution in [3.05, 3.63) is 77.0 Å². The molecule has 4 N–H and O–H groups in total. The molecule has 228 valence electrons. The molecule has 0 radical (unpaired) electrons.